The number of pyridine rings is 3. The Labute approximate surface area is 195 Å². The normalized spacial score (nSPS) is 11.1. The number of aromatic nitrogens is 5. The van der Waals surface area contributed by atoms with E-state index < -0.39 is 0 Å². The molecule has 0 bridgehead atoms. The molecule has 0 fully saturated rings. The number of benzene rings is 2. The van der Waals surface area contributed by atoms with E-state index in [2.05, 4.69) is 9.97 Å². The predicted molar refractivity (Wildman–Crippen MR) is 133 cm³/mol. The minimum Gasteiger partial charge on any atom is -0.292 e. The van der Waals surface area contributed by atoms with Gasteiger partial charge in [-0.25, -0.2) is 4.98 Å². The average Bonchev–Trinajstić information content (AvgIpc) is 3.30. The zero-order valence-corrected chi connectivity index (χ0v) is 18.1. The second-order valence-electron chi connectivity index (χ2n) is 7.83. The van der Waals surface area contributed by atoms with E-state index in [1.807, 2.05) is 102 Å². The van der Waals surface area contributed by atoms with Crippen molar-refractivity contribution in [2.75, 3.05) is 0 Å². The van der Waals surface area contributed by atoms with Crippen LogP contribution in [0.15, 0.2) is 121 Å². The molecule has 0 aliphatic heterocycles. The van der Waals surface area contributed by atoms with E-state index >= 15 is 0 Å². The van der Waals surface area contributed by atoms with Crippen LogP contribution in [0.5, 0.6) is 0 Å². The maximum atomic E-state index is 13.9. The third kappa shape index (κ3) is 3.38. The molecule has 0 saturated carbocycles. The molecular weight excluding hydrogens is 422 g/mol. The number of fused-ring (bicyclic) bond motifs is 1. The summed E-state index contributed by atoms with van der Waals surface area (Å²) >= 11 is 0. The van der Waals surface area contributed by atoms with Crippen LogP contribution in [-0.2, 0) is 0 Å². The molecule has 0 spiro atoms. The molecule has 6 heteroatoms. The van der Waals surface area contributed by atoms with E-state index in [0.717, 1.165) is 33.7 Å². The third-order valence-electron chi connectivity index (χ3n) is 5.73. The Morgan fingerprint density at radius 2 is 1.47 bits per heavy atom. The SMILES string of the molecule is O=c1c(-c2nc3ccccc3n2-c2ccncc2)cc(-c2ccccn2)cn1-c1ccccc1. The van der Waals surface area contributed by atoms with Crippen LogP contribution in [0.4, 0.5) is 0 Å². The monoisotopic (exact) mass is 441 g/mol. The first-order valence-electron chi connectivity index (χ1n) is 10.9. The van der Waals surface area contributed by atoms with Crippen molar-refractivity contribution in [1.29, 1.82) is 0 Å². The standard InChI is InChI=1S/C28H19N5O/c34-28-23(27-31-25-11-4-5-12-26(25)33(27)22-13-16-29-17-14-22)18-20(24-10-6-7-15-30-24)19-32(28)21-8-2-1-3-9-21/h1-19H. The number of imidazole rings is 1. The fourth-order valence-corrected chi connectivity index (χ4v) is 4.16. The summed E-state index contributed by atoms with van der Waals surface area (Å²) in [6, 6.07) is 28.9. The quantitative estimate of drug-likeness (QED) is 0.372. The fourth-order valence-electron chi connectivity index (χ4n) is 4.16. The van der Waals surface area contributed by atoms with Gasteiger partial charge in [0.2, 0.25) is 0 Å². The third-order valence-corrected chi connectivity index (χ3v) is 5.73. The molecule has 4 heterocycles. The molecule has 34 heavy (non-hydrogen) atoms. The Hall–Kier alpha value is -4.84. The molecule has 6 aromatic rings. The van der Waals surface area contributed by atoms with E-state index in [-0.39, 0.29) is 5.56 Å². The van der Waals surface area contributed by atoms with Gasteiger partial charge in [-0.3, -0.25) is 23.9 Å². The highest BCUT2D eigenvalue weighted by Gasteiger charge is 2.20. The second kappa shape index (κ2) is 8.26. The molecule has 162 valence electrons. The van der Waals surface area contributed by atoms with Gasteiger partial charge in [0.15, 0.2) is 5.82 Å². The molecule has 0 amide bonds. The molecule has 6 rings (SSSR count). The Morgan fingerprint density at radius 1 is 0.706 bits per heavy atom. The predicted octanol–water partition coefficient (Wildman–Crippen LogP) is 5.30. The largest absolute Gasteiger partial charge is 0.292 e. The van der Waals surface area contributed by atoms with Gasteiger partial charge >= 0.3 is 0 Å². The van der Waals surface area contributed by atoms with Gasteiger partial charge < -0.3 is 0 Å². The zero-order valence-electron chi connectivity index (χ0n) is 18.1. The molecule has 0 aliphatic rings. The highest BCUT2D eigenvalue weighted by atomic mass is 16.1. The minimum atomic E-state index is -0.156. The van der Waals surface area contributed by atoms with E-state index in [1.165, 1.54) is 0 Å². The molecule has 4 aromatic heterocycles. The van der Waals surface area contributed by atoms with Crippen LogP contribution < -0.4 is 5.56 Å². The van der Waals surface area contributed by atoms with Crippen LogP contribution in [0.3, 0.4) is 0 Å². The first kappa shape index (κ1) is 19.8. The Morgan fingerprint density at radius 3 is 2.26 bits per heavy atom. The van der Waals surface area contributed by atoms with Gasteiger partial charge in [-0.05, 0) is 54.6 Å². The van der Waals surface area contributed by atoms with Crippen molar-refractivity contribution in [2.45, 2.75) is 0 Å². The van der Waals surface area contributed by atoms with Gasteiger partial charge in [0, 0.05) is 36.0 Å². The summed E-state index contributed by atoms with van der Waals surface area (Å²) in [5.41, 5.74) is 5.32. The maximum absolute atomic E-state index is 13.9. The summed E-state index contributed by atoms with van der Waals surface area (Å²) in [5.74, 6) is 0.569. The zero-order chi connectivity index (χ0) is 22.9. The first-order chi connectivity index (χ1) is 16.8. The van der Waals surface area contributed by atoms with Crippen molar-refractivity contribution in [2.24, 2.45) is 0 Å². The molecule has 0 aliphatic carbocycles. The molecule has 2 aromatic carbocycles. The van der Waals surface area contributed by atoms with Crippen LogP contribution in [0.1, 0.15) is 0 Å². The Kier molecular flexibility index (Phi) is 4.81. The van der Waals surface area contributed by atoms with Crippen molar-refractivity contribution >= 4 is 11.0 Å². The van der Waals surface area contributed by atoms with Gasteiger partial charge in [0.25, 0.3) is 5.56 Å². The minimum absolute atomic E-state index is 0.156. The van der Waals surface area contributed by atoms with Gasteiger partial charge in [0.05, 0.1) is 28.0 Å². The Bertz CT molecular complexity index is 1660. The first-order valence-corrected chi connectivity index (χ1v) is 10.9. The molecule has 0 unspecified atom stereocenters. The number of rotatable bonds is 4. The molecule has 6 nitrogen and oxygen atoms in total. The lowest BCUT2D eigenvalue weighted by atomic mass is 10.1. The van der Waals surface area contributed by atoms with E-state index in [0.29, 0.717) is 11.4 Å². The molecular formula is C28H19N5O. The summed E-state index contributed by atoms with van der Waals surface area (Å²) in [6.07, 6.45) is 7.06. The van der Waals surface area contributed by atoms with Gasteiger partial charge in [-0.15, -0.1) is 0 Å². The topological polar surface area (TPSA) is 65.6 Å². The second-order valence-corrected chi connectivity index (χ2v) is 7.83. The van der Waals surface area contributed by atoms with Crippen molar-refractivity contribution in [3.05, 3.63) is 126 Å². The smallest absolute Gasteiger partial charge is 0.266 e. The van der Waals surface area contributed by atoms with E-state index in [4.69, 9.17) is 4.98 Å². The van der Waals surface area contributed by atoms with Crippen LogP contribution in [0, 0.1) is 0 Å². The van der Waals surface area contributed by atoms with E-state index in [1.54, 1.807) is 23.2 Å². The fraction of sp³-hybridized carbons (Fsp3) is 0. The van der Waals surface area contributed by atoms with Crippen LogP contribution in [0.25, 0.3) is 45.1 Å². The Balaban J connectivity index is 1.70. The van der Waals surface area contributed by atoms with Crippen molar-refractivity contribution in [1.82, 2.24) is 24.1 Å². The summed E-state index contributed by atoms with van der Waals surface area (Å²) < 4.78 is 3.67. The van der Waals surface area contributed by atoms with Gasteiger partial charge in [-0.2, -0.15) is 0 Å². The van der Waals surface area contributed by atoms with Crippen LogP contribution in [0.2, 0.25) is 0 Å². The summed E-state index contributed by atoms with van der Waals surface area (Å²) in [5, 5.41) is 0. The van der Waals surface area contributed by atoms with Crippen LogP contribution >= 0.6 is 0 Å². The highest BCUT2D eigenvalue weighted by Crippen LogP contribution is 2.29. The van der Waals surface area contributed by atoms with Crippen molar-refractivity contribution in [3.63, 3.8) is 0 Å². The molecule has 0 atom stereocenters. The lowest BCUT2D eigenvalue weighted by Crippen LogP contribution is -2.21. The maximum Gasteiger partial charge on any atom is 0.266 e. The van der Waals surface area contributed by atoms with Gasteiger partial charge in [0.1, 0.15) is 0 Å². The summed E-state index contributed by atoms with van der Waals surface area (Å²) in [4.78, 5) is 27.5. The van der Waals surface area contributed by atoms with Gasteiger partial charge in [-0.1, -0.05) is 36.4 Å². The summed E-state index contributed by atoms with van der Waals surface area (Å²) in [6.45, 7) is 0. The van der Waals surface area contributed by atoms with E-state index in [9.17, 15) is 4.79 Å². The lowest BCUT2D eigenvalue weighted by molar-refractivity contribution is 0.980. The molecule has 0 N–H and O–H groups in total. The number of hydrogen-bond donors (Lipinski definition) is 0. The number of nitrogens with zero attached hydrogens (tertiary/aromatic N) is 5. The van der Waals surface area contributed by atoms with Crippen molar-refractivity contribution in [3.8, 4) is 34.0 Å². The number of para-hydroxylation sites is 3. The highest BCUT2D eigenvalue weighted by molar-refractivity contribution is 5.83. The van der Waals surface area contributed by atoms with Crippen LogP contribution in [-0.4, -0.2) is 24.1 Å². The number of hydrogen-bond acceptors (Lipinski definition) is 4. The molecule has 0 saturated heterocycles. The average molecular weight is 441 g/mol. The van der Waals surface area contributed by atoms with Crippen molar-refractivity contribution < 1.29 is 0 Å². The molecule has 0 radical (unpaired) electrons. The summed E-state index contributed by atoms with van der Waals surface area (Å²) in [7, 11) is 0. The lowest BCUT2D eigenvalue weighted by Gasteiger charge is -2.13.